The van der Waals surface area contributed by atoms with E-state index in [1.165, 1.54) is 17.1 Å². The summed E-state index contributed by atoms with van der Waals surface area (Å²) < 4.78 is 28.1. The van der Waals surface area contributed by atoms with Crippen LogP contribution in [-0.2, 0) is 17.1 Å². The van der Waals surface area contributed by atoms with E-state index in [9.17, 15) is 8.42 Å². The largest absolute Gasteiger partial charge is 0.329 e. The van der Waals surface area contributed by atoms with Crippen molar-refractivity contribution in [2.24, 2.45) is 12.8 Å². The highest BCUT2D eigenvalue weighted by Crippen LogP contribution is 2.32. The molecule has 1 aromatic rings. The lowest BCUT2D eigenvalue weighted by atomic mass is 9.78. The second-order valence-corrected chi connectivity index (χ2v) is 5.98. The Labute approximate surface area is 94.9 Å². The smallest absolute Gasteiger partial charge is 0.244 e. The van der Waals surface area contributed by atoms with E-state index in [1.54, 1.807) is 7.05 Å². The van der Waals surface area contributed by atoms with Crippen LogP contribution in [0, 0.1) is 0 Å². The molecule has 7 heteroatoms. The fourth-order valence-electron chi connectivity index (χ4n) is 1.83. The number of hydrogen-bond donors (Lipinski definition) is 2. The molecule has 16 heavy (non-hydrogen) atoms. The van der Waals surface area contributed by atoms with Crippen LogP contribution in [0.25, 0.3) is 0 Å². The van der Waals surface area contributed by atoms with Crippen molar-refractivity contribution in [3.8, 4) is 0 Å². The van der Waals surface area contributed by atoms with Crippen molar-refractivity contribution in [3.05, 3.63) is 12.4 Å². The summed E-state index contributed by atoms with van der Waals surface area (Å²) in [5.74, 6) is 0. The maximum atomic E-state index is 12.0. The third-order valence-corrected chi connectivity index (χ3v) is 4.58. The van der Waals surface area contributed by atoms with Gasteiger partial charge in [0.15, 0.2) is 0 Å². The van der Waals surface area contributed by atoms with E-state index in [-0.39, 0.29) is 4.90 Å². The van der Waals surface area contributed by atoms with Gasteiger partial charge in [-0.15, -0.1) is 0 Å². The van der Waals surface area contributed by atoms with Gasteiger partial charge in [-0.25, -0.2) is 13.1 Å². The van der Waals surface area contributed by atoms with E-state index in [2.05, 4.69) is 9.82 Å². The van der Waals surface area contributed by atoms with Crippen LogP contribution >= 0.6 is 0 Å². The molecule has 2 rings (SSSR count). The summed E-state index contributed by atoms with van der Waals surface area (Å²) in [5.41, 5.74) is 5.18. The molecule has 1 heterocycles. The van der Waals surface area contributed by atoms with Crippen LogP contribution in [0.5, 0.6) is 0 Å². The van der Waals surface area contributed by atoms with Gasteiger partial charge in [0, 0.05) is 25.3 Å². The summed E-state index contributed by atoms with van der Waals surface area (Å²) in [6, 6.07) is 0. The van der Waals surface area contributed by atoms with E-state index >= 15 is 0 Å². The van der Waals surface area contributed by atoms with Gasteiger partial charge in [0.25, 0.3) is 0 Å². The summed E-state index contributed by atoms with van der Waals surface area (Å²) in [6.45, 7) is 0.340. The third kappa shape index (κ3) is 1.98. The number of aromatic nitrogens is 2. The maximum absolute atomic E-state index is 12.0. The Hall–Kier alpha value is -0.920. The van der Waals surface area contributed by atoms with E-state index in [4.69, 9.17) is 5.73 Å². The van der Waals surface area contributed by atoms with Crippen molar-refractivity contribution in [2.75, 3.05) is 6.54 Å². The van der Waals surface area contributed by atoms with Crippen LogP contribution in [-0.4, -0.2) is 30.3 Å². The molecule has 6 nitrogen and oxygen atoms in total. The lowest BCUT2D eigenvalue weighted by molar-refractivity contribution is 0.230. The normalized spacial score (nSPS) is 19.4. The highest BCUT2D eigenvalue weighted by molar-refractivity contribution is 7.89. The molecule has 1 saturated carbocycles. The quantitative estimate of drug-likeness (QED) is 0.752. The molecular weight excluding hydrogens is 228 g/mol. The predicted molar refractivity (Wildman–Crippen MR) is 59.2 cm³/mol. The van der Waals surface area contributed by atoms with Crippen LogP contribution < -0.4 is 10.5 Å². The zero-order chi connectivity index (χ0) is 11.8. The SMILES string of the molecule is Cn1cc(S(=O)(=O)NC2(CN)CCC2)cn1. The van der Waals surface area contributed by atoms with Gasteiger partial charge in [-0.3, -0.25) is 4.68 Å². The summed E-state index contributed by atoms with van der Waals surface area (Å²) in [4.78, 5) is 0.190. The monoisotopic (exact) mass is 244 g/mol. The molecule has 1 aliphatic rings. The Morgan fingerprint density at radius 2 is 2.31 bits per heavy atom. The van der Waals surface area contributed by atoms with Gasteiger partial charge in [0.1, 0.15) is 4.90 Å². The van der Waals surface area contributed by atoms with Gasteiger partial charge in [-0.2, -0.15) is 5.10 Å². The Morgan fingerprint density at radius 3 is 2.69 bits per heavy atom. The summed E-state index contributed by atoms with van der Waals surface area (Å²) in [7, 11) is -1.80. The number of hydrogen-bond acceptors (Lipinski definition) is 4. The number of nitrogens with one attached hydrogen (secondary N) is 1. The van der Waals surface area contributed by atoms with Gasteiger partial charge in [0.2, 0.25) is 10.0 Å². The molecule has 1 aromatic heterocycles. The molecule has 1 fully saturated rings. The number of nitrogens with zero attached hydrogens (tertiary/aromatic N) is 2. The van der Waals surface area contributed by atoms with E-state index in [1.807, 2.05) is 0 Å². The molecule has 0 radical (unpaired) electrons. The lowest BCUT2D eigenvalue weighted by Gasteiger charge is -2.40. The number of nitrogens with two attached hydrogens (primary N) is 1. The van der Waals surface area contributed by atoms with Crippen molar-refractivity contribution in [2.45, 2.75) is 29.7 Å². The second-order valence-electron chi connectivity index (χ2n) is 4.29. The predicted octanol–water partition coefficient (Wildman–Crippen LogP) is -0.420. The Kier molecular flexibility index (Phi) is 2.77. The topological polar surface area (TPSA) is 90.0 Å². The van der Waals surface area contributed by atoms with Crippen molar-refractivity contribution in [1.29, 1.82) is 0 Å². The van der Waals surface area contributed by atoms with Crippen molar-refractivity contribution in [3.63, 3.8) is 0 Å². The molecule has 0 aromatic carbocycles. The number of rotatable bonds is 4. The highest BCUT2D eigenvalue weighted by Gasteiger charge is 2.39. The van der Waals surface area contributed by atoms with E-state index < -0.39 is 15.6 Å². The molecule has 0 amide bonds. The van der Waals surface area contributed by atoms with Gasteiger partial charge in [-0.05, 0) is 19.3 Å². The minimum Gasteiger partial charge on any atom is -0.329 e. The van der Waals surface area contributed by atoms with Gasteiger partial charge < -0.3 is 5.73 Å². The first kappa shape index (κ1) is 11.6. The van der Waals surface area contributed by atoms with E-state index in [0.717, 1.165) is 19.3 Å². The first-order valence-electron chi connectivity index (χ1n) is 5.20. The lowest BCUT2D eigenvalue weighted by Crippen LogP contribution is -2.58. The average Bonchev–Trinajstić information content (AvgIpc) is 2.59. The van der Waals surface area contributed by atoms with Gasteiger partial charge in [0.05, 0.1) is 6.20 Å². The minimum absolute atomic E-state index is 0.190. The van der Waals surface area contributed by atoms with Crippen LogP contribution in [0.1, 0.15) is 19.3 Å². The van der Waals surface area contributed by atoms with Crippen LogP contribution in [0.2, 0.25) is 0 Å². The van der Waals surface area contributed by atoms with Crippen LogP contribution in [0.15, 0.2) is 17.3 Å². The fourth-order valence-corrected chi connectivity index (χ4v) is 3.29. The van der Waals surface area contributed by atoms with Crippen molar-refractivity contribution in [1.82, 2.24) is 14.5 Å². The highest BCUT2D eigenvalue weighted by atomic mass is 32.2. The van der Waals surface area contributed by atoms with Gasteiger partial charge >= 0.3 is 0 Å². The third-order valence-electron chi connectivity index (χ3n) is 3.04. The zero-order valence-electron chi connectivity index (χ0n) is 9.18. The van der Waals surface area contributed by atoms with Crippen molar-refractivity contribution >= 4 is 10.0 Å². The molecule has 3 N–H and O–H groups in total. The summed E-state index contributed by atoms with van der Waals surface area (Å²) >= 11 is 0. The molecule has 1 aliphatic carbocycles. The zero-order valence-corrected chi connectivity index (χ0v) is 10.00. The Morgan fingerprint density at radius 1 is 1.62 bits per heavy atom. The molecule has 0 aliphatic heterocycles. The number of aryl methyl sites for hydroxylation is 1. The maximum Gasteiger partial charge on any atom is 0.244 e. The Bertz CT molecular complexity index is 470. The molecule has 0 saturated heterocycles. The molecule has 90 valence electrons. The second kappa shape index (κ2) is 3.83. The Balaban J connectivity index is 2.20. The first-order chi connectivity index (χ1) is 7.47. The average molecular weight is 244 g/mol. The number of sulfonamides is 1. The minimum atomic E-state index is -3.48. The molecule has 0 atom stereocenters. The standard InChI is InChI=1S/C9H16N4O2S/c1-13-6-8(5-11-13)16(14,15)12-9(7-10)3-2-4-9/h5-6,12H,2-4,7,10H2,1H3. The van der Waals surface area contributed by atoms with Gasteiger partial charge in [-0.1, -0.05) is 0 Å². The first-order valence-corrected chi connectivity index (χ1v) is 6.68. The fraction of sp³-hybridized carbons (Fsp3) is 0.667. The molecular formula is C9H16N4O2S. The van der Waals surface area contributed by atoms with Crippen LogP contribution in [0.3, 0.4) is 0 Å². The molecule has 0 spiro atoms. The van der Waals surface area contributed by atoms with Crippen LogP contribution in [0.4, 0.5) is 0 Å². The summed E-state index contributed by atoms with van der Waals surface area (Å²) in [6.07, 6.45) is 5.45. The summed E-state index contributed by atoms with van der Waals surface area (Å²) in [5, 5.41) is 3.85. The van der Waals surface area contributed by atoms with Crippen molar-refractivity contribution < 1.29 is 8.42 Å². The molecule has 0 bridgehead atoms. The van der Waals surface area contributed by atoms with E-state index in [0.29, 0.717) is 6.54 Å². The molecule has 0 unspecified atom stereocenters.